The lowest BCUT2D eigenvalue weighted by molar-refractivity contribution is 0.104. The summed E-state index contributed by atoms with van der Waals surface area (Å²) in [5.41, 5.74) is 2.19. The first-order chi connectivity index (χ1) is 16.1. The Morgan fingerprint density at radius 2 is 1.61 bits per heavy atom. The lowest BCUT2D eigenvalue weighted by atomic mass is 10.1. The molecule has 3 aromatic rings. The number of ketones is 1. The smallest absolute Gasteiger partial charge is 0.231 e. The maximum absolute atomic E-state index is 12.6. The van der Waals surface area contributed by atoms with Crippen LogP contribution in [-0.2, 0) is 6.61 Å². The predicted octanol–water partition coefficient (Wildman–Crippen LogP) is 4.92. The van der Waals surface area contributed by atoms with Gasteiger partial charge in [0.25, 0.3) is 0 Å². The van der Waals surface area contributed by atoms with Crippen molar-refractivity contribution in [2.75, 3.05) is 28.1 Å². The molecule has 0 spiro atoms. The predicted molar refractivity (Wildman–Crippen MR) is 123 cm³/mol. The number of allylic oxidation sites excluding steroid dienone is 1. The largest absolute Gasteiger partial charge is 0.496 e. The van der Waals surface area contributed by atoms with Crippen LogP contribution in [-0.4, -0.2) is 33.9 Å². The van der Waals surface area contributed by atoms with Gasteiger partial charge in [0.15, 0.2) is 28.8 Å². The number of benzene rings is 3. The molecule has 170 valence electrons. The van der Waals surface area contributed by atoms with Crippen molar-refractivity contribution in [2.45, 2.75) is 6.61 Å². The Bertz CT molecular complexity index is 1180. The van der Waals surface area contributed by atoms with Crippen LogP contribution in [0.1, 0.15) is 21.5 Å². The standard InChI is InChI=1S/C26H24O7/c1-28-22-9-5-17(4-8-21(27)18-6-10-23(29-2)25(13-18)30-3)12-19(22)15-31-20-7-11-24-26(14-20)33-16-32-24/h4-14H,15-16H2,1-3H3/b8-4+. The van der Waals surface area contributed by atoms with Gasteiger partial charge in [0, 0.05) is 17.2 Å². The van der Waals surface area contributed by atoms with Gasteiger partial charge < -0.3 is 28.4 Å². The lowest BCUT2D eigenvalue weighted by Crippen LogP contribution is -2.00. The van der Waals surface area contributed by atoms with E-state index in [4.69, 9.17) is 28.4 Å². The molecule has 0 radical (unpaired) electrons. The zero-order valence-electron chi connectivity index (χ0n) is 18.6. The van der Waals surface area contributed by atoms with E-state index in [0.717, 1.165) is 11.1 Å². The summed E-state index contributed by atoms with van der Waals surface area (Å²) in [6.07, 6.45) is 3.27. The first-order valence-electron chi connectivity index (χ1n) is 10.2. The molecule has 0 aliphatic carbocycles. The minimum Gasteiger partial charge on any atom is -0.496 e. The van der Waals surface area contributed by atoms with Crippen LogP contribution in [0.4, 0.5) is 0 Å². The highest BCUT2D eigenvalue weighted by atomic mass is 16.7. The van der Waals surface area contributed by atoms with Crippen LogP contribution in [0.15, 0.2) is 60.7 Å². The number of fused-ring (bicyclic) bond motifs is 1. The molecule has 0 fully saturated rings. The molecule has 1 aliphatic rings. The molecule has 0 atom stereocenters. The van der Waals surface area contributed by atoms with Crippen LogP contribution in [0.2, 0.25) is 0 Å². The van der Waals surface area contributed by atoms with Gasteiger partial charge in [-0.3, -0.25) is 4.79 Å². The monoisotopic (exact) mass is 448 g/mol. The Balaban J connectivity index is 1.48. The summed E-state index contributed by atoms with van der Waals surface area (Å²) in [5, 5.41) is 0. The van der Waals surface area contributed by atoms with Crippen LogP contribution >= 0.6 is 0 Å². The summed E-state index contributed by atoms with van der Waals surface area (Å²) in [4.78, 5) is 12.6. The molecule has 0 bridgehead atoms. The van der Waals surface area contributed by atoms with E-state index in [9.17, 15) is 4.79 Å². The average Bonchev–Trinajstić information content (AvgIpc) is 3.33. The average molecular weight is 448 g/mol. The van der Waals surface area contributed by atoms with E-state index in [-0.39, 0.29) is 19.2 Å². The van der Waals surface area contributed by atoms with Crippen LogP contribution < -0.4 is 28.4 Å². The summed E-state index contributed by atoms with van der Waals surface area (Å²) < 4.78 is 32.6. The van der Waals surface area contributed by atoms with E-state index in [1.165, 1.54) is 13.2 Å². The molecular weight excluding hydrogens is 424 g/mol. The third-order valence-electron chi connectivity index (χ3n) is 5.14. The molecule has 0 N–H and O–H groups in total. The van der Waals surface area contributed by atoms with E-state index < -0.39 is 0 Å². The van der Waals surface area contributed by atoms with Gasteiger partial charge >= 0.3 is 0 Å². The van der Waals surface area contributed by atoms with Gasteiger partial charge in [-0.15, -0.1) is 0 Å². The minimum atomic E-state index is -0.148. The minimum absolute atomic E-state index is 0.148. The molecule has 1 aliphatic heterocycles. The molecule has 7 nitrogen and oxygen atoms in total. The maximum Gasteiger partial charge on any atom is 0.231 e. The number of hydrogen-bond donors (Lipinski definition) is 0. The van der Waals surface area contributed by atoms with Gasteiger partial charge in [-0.05, 0) is 54.1 Å². The first-order valence-corrected chi connectivity index (χ1v) is 10.2. The number of carbonyl (C=O) groups excluding carboxylic acids is 1. The highest BCUT2D eigenvalue weighted by Gasteiger charge is 2.14. The number of ether oxygens (including phenoxy) is 6. The van der Waals surface area contributed by atoms with Crippen LogP contribution in [0, 0.1) is 0 Å². The van der Waals surface area contributed by atoms with E-state index in [0.29, 0.717) is 40.1 Å². The highest BCUT2D eigenvalue weighted by Crippen LogP contribution is 2.35. The molecule has 0 saturated carbocycles. The summed E-state index contributed by atoms with van der Waals surface area (Å²) in [6, 6.07) is 16.1. The third kappa shape index (κ3) is 5.03. The highest BCUT2D eigenvalue weighted by molar-refractivity contribution is 6.07. The Hall–Kier alpha value is -4.13. The van der Waals surface area contributed by atoms with E-state index in [1.807, 2.05) is 30.3 Å². The normalized spacial score (nSPS) is 12.0. The number of rotatable bonds is 9. The van der Waals surface area contributed by atoms with Crippen LogP contribution in [0.3, 0.4) is 0 Å². The fourth-order valence-corrected chi connectivity index (χ4v) is 3.40. The first kappa shape index (κ1) is 22.1. The van der Waals surface area contributed by atoms with Crippen molar-refractivity contribution in [1.29, 1.82) is 0 Å². The van der Waals surface area contributed by atoms with Gasteiger partial charge in [-0.2, -0.15) is 0 Å². The van der Waals surface area contributed by atoms with E-state index in [2.05, 4.69) is 0 Å². The summed E-state index contributed by atoms with van der Waals surface area (Å²) >= 11 is 0. The van der Waals surface area contributed by atoms with Crippen molar-refractivity contribution in [3.8, 4) is 34.5 Å². The topological polar surface area (TPSA) is 72.5 Å². The summed E-state index contributed by atoms with van der Waals surface area (Å²) in [5.74, 6) is 3.63. The lowest BCUT2D eigenvalue weighted by Gasteiger charge is -2.12. The van der Waals surface area contributed by atoms with E-state index >= 15 is 0 Å². The molecule has 0 aromatic heterocycles. The third-order valence-corrected chi connectivity index (χ3v) is 5.14. The molecule has 0 amide bonds. The van der Waals surface area contributed by atoms with Gasteiger partial charge in [0.1, 0.15) is 18.1 Å². The van der Waals surface area contributed by atoms with E-state index in [1.54, 1.807) is 44.6 Å². The van der Waals surface area contributed by atoms with Crippen molar-refractivity contribution in [3.63, 3.8) is 0 Å². The molecule has 1 heterocycles. The Morgan fingerprint density at radius 3 is 2.39 bits per heavy atom. The Morgan fingerprint density at radius 1 is 0.848 bits per heavy atom. The number of carbonyl (C=O) groups is 1. The molecule has 7 heteroatoms. The molecule has 4 rings (SSSR count). The van der Waals surface area contributed by atoms with Gasteiger partial charge in [-0.1, -0.05) is 12.1 Å². The SMILES string of the molecule is COc1ccc(/C=C/C(=O)c2ccc(OC)c(OC)c2)cc1COc1ccc2c(c1)OCO2. The van der Waals surface area contributed by atoms with Crippen molar-refractivity contribution in [3.05, 3.63) is 77.4 Å². The number of hydrogen-bond acceptors (Lipinski definition) is 7. The van der Waals surface area contributed by atoms with Gasteiger partial charge in [-0.25, -0.2) is 0 Å². The maximum atomic E-state index is 12.6. The quantitative estimate of drug-likeness (QED) is 0.340. The Kier molecular flexibility index (Phi) is 6.69. The van der Waals surface area contributed by atoms with Crippen molar-refractivity contribution in [2.24, 2.45) is 0 Å². The fourth-order valence-electron chi connectivity index (χ4n) is 3.40. The molecule has 0 saturated heterocycles. The Labute approximate surface area is 192 Å². The zero-order chi connectivity index (χ0) is 23.2. The summed E-state index contributed by atoms with van der Waals surface area (Å²) in [7, 11) is 4.69. The second-order valence-electron chi connectivity index (χ2n) is 7.14. The summed E-state index contributed by atoms with van der Waals surface area (Å²) in [6.45, 7) is 0.497. The molecule has 33 heavy (non-hydrogen) atoms. The van der Waals surface area contributed by atoms with Crippen molar-refractivity contribution >= 4 is 11.9 Å². The molecule has 3 aromatic carbocycles. The van der Waals surface area contributed by atoms with Crippen molar-refractivity contribution < 1.29 is 33.2 Å². The second-order valence-corrected chi connectivity index (χ2v) is 7.14. The molecule has 0 unspecified atom stereocenters. The van der Waals surface area contributed by atoms with Crippen LogP contribution in [0.5, 0.6) is 34.5 Å². The zero-order valence-corrected chi connectivity index (χ0v) is 18.6. The van der Waals surface area contributed by atoms with Crippen LogP contribution in [0.25, 0.3) is 6.08 Å². The van der Waals surface area contributed by atoms with Gasteiger partial charge in [0.05, 0.1) is 21.3 Å². The molecular formula is C26H24O7. The second kappa shape index (κ2) is 9.99. The number of methoxy groups -OCH3 is 3. The van der Waals surface area contributed by atoms with Crippen molar-refractivity contribution in [1.82, 2.24) is 0 Å². The van der Waals surface area contributed by atoms with Gasteiger partial charge in [0.2, 0.25) is 6.79 Å². The fraction of sp³-hybridized carbons (Fsp3) is 0.192.